The van der Waals surface area contributed by atoms with Crippen molar-refractivity contribution in [3.05, 3.63) is 57.6 Å². The highest BCUT2D eigenvalue weighted by Gasteiger charge is 2.17. The number of phenolic OH excluding ortho intramolecular Hbond substituents is 1. The van der Waals surface area contributed by atoms with E-state index in [0.29, 0.717) is 17.0 Å². The summed E-state index contributed by atoms with van der Waals surface area (Å²) < 4.78 is 0.754. The van der Waals surface area contributed by atoms with Gasteiger partial charge in [0.25, 0.3) is 5.91 Å². The smallest absolute Gasteiger partial charge is 0.256 e. The number of aromatic hydroxyl groups is 1. The second-order valence-electron chi connectivity index (χ2n) is 6.25. The molecule has 0 aliphatic carbocycles. The monoisotopic (exact) mass is 375 g/mol. The first-order valence-corrected chi connectivity index (χ1v) is 8.53. The van der Waals surface area contributed by atoms with E-state index >= 15 is 0 Å². The molecule has 2 aromatic carbocycles. The van der Waals surface area contributed by atoms with Crippen LogP contribution in [0.3, 0.4) is 0 Å². The van der Waals surface area contributed by atoms with Crippen LogP contribution in [0.1, 0.15) is 61.0 Å². The number of benzene rings is 2. The van der Waals surface area contributed by atoms with Gasteiger partial charge in [-0.25, -0.2) is 0 Å². The minimum absolute atomic E-state index is 0.174. The van der Waals surface area contributed by atoms with Crippen molar-refractivity contribution >= 4 is 27.5 Å². The maximum absolute atomic E-state index is 12.5. The average Bonchev–Trinajstić information content (AvgIpc) is 2.48. The highest BCUT2D eigenvalue weighted by molar-refractivity contribution is 9.10. The molecule has 2 N–H and O–H groups in total. The van der Waals surface area contributed by atoms with E-state index in [1.807, 2.05) is 58.0 Å². The summed E-state index contributed by atoms with van der Waals surface area (Å²) in [5.74, 6) is 0.502. The van der Waals surface area contributed by atoms with Gasteiger partial charge in [-0.2, -0.15) is 0 Å². The van der Waals surface area contributed by atoms with Crippen molar-refractivity contribution in [1.29, 1.82) is 0 Å². The molecule has 0 radical (unpaired) electrons. The number of halogens is 1. The summed E-state index contributed by atoms with van der Waals surface area (Å²) in [5.41, 5.74) is 2.98. The molecular formula is C19H22BrNO2. The first kappa shape index (κ1) is 17.5. The third-order valence-corrected chi connectivity index (χ3v) is 4.48. The van der Waals surface area contributed by atoms with Gasteiger partial charge in [-0.3, -0.25) is 4.79 Å². The highest BCUT2D eigenvalue weighted by Crippen LogP contribution is 2.36. The molecule has 0 aromatic heterocycles. The molecule has 3 nitrogen and oxygen atoms in total. The fraction of sp³-hybridized carbons (Fsp3) is 0.316. The first-order chi connectivity index (χ1) is 10.8. The van der Waals surface area contributed by atoms with Crippen LogP contribution >= 0.6 is 15.9 Å². The van der Waals surface area contributed by atoms with Gasteiger partial charge in [0.15, 0.2) is 0 Å². The van der Waals surface area contributed by atoms with Crippen molar-refractivity contribution in [1.82, 2.24) is 0 Å². The van der Waals surface area contributed by atoms with Crippen LogP contribution in [0.15, 0.2) is 40.9 Å². The fourth-order valence-corrected chi connectivity index (χ4v) is 2.94. The SMILES string of the molecule is CC(C)c1cc(NC(=O)c2ccccc2Br)cc(C(C)C)c1O. The van der Waals surface area contributed by atoms with E-state index in [0.717, 1.165) is 15.6 Å². The summed E-state index contributed by atoms with van der Waals surface area (Å²) in [6, 6.07) is 11.0. The minimum atomic E-state index is -0.174. The standard InChI is InChI=1S/C19H22BrNO2/c1-11(2)15-9-13(10-16(12(3)4)18(15)22)21-19(23)14-7-5-6-8-17(14)20/h5-12,22H,1-4H3,(H,21,23). The van der Waals surface area contributed by atoms with E-state index in [2.05, 4.69) is 21.2 Å². The molecule has 23 heavy (non-hydrogen) atoms. The van der Waals surface area contributed by atoms with Crippen molar-refractivity contribution in [3.8, 4) is 5.75 Å². The van der Waals surface area contributed by atoms with E-state index in [9.17, 15) is 9.90 Å². The molecule has 2 rings (SSSR count). The molecule has 0 fully saturated rings. The van der Waals surface area contributed by atoms with E-state index in [-0.39, 0.29) is 17.7 Å². The van der Waals surface area contributed by atoms with Gasteiger partial charge >= 0.3 is 0 Å². The van der Waals surface area contributed by atoms with Gasteiger partial charge in [-0.1, -0.05) is 39.8 Å². The van der Waals surface area contributed by atoms with Gasteiger partial charge in [0.1, 0.15) is 5.75 Å². The van der Waals surface area contributed by atoms with Crippen LogP contribution in [0, 0.1) is 0 Å². The lowest BCUT2D eigenvalue weighted by atomic mass is 9.93. The van der Waals surface area contributed by atoms with Crippen LogP contribution in [0.5, 0.6) is 5.75 Å². The average molecular weight is 376 g/mol. The lowest BCUT2D eigenvalue weighted by Gasteiger charge is -2.18. The van der Waals surface area contributed by atoms with Gasteiger partial charge < -0.3 is 10.4 Å². The summed E-state index contributed by atoms with van der Waals surface area (Å²) in [6.45, 7) is 8.11. The first-order valence-electron chi connectivity index (χ1n) is 7.74. The Morgan fingerprint density at radius 2 is 1.57 bits per heavy atom. The summed E-state index contributed by atoms with van der Waals surface area (Å²) in [5, 5.41) is 13.4. The molecule has 0 heterocycles. The number of carbonyl (C=O) groups is 1. The maximum Gasteiger partial charge on any atom is 0.256 e. The predicted octanol–water partition coefficient (Wildman–Crippen LogP) is 5.65. The van der Waals surface area contributed by atoms with Crippen LogP contribution in [0.2, 0.25) is 0 Å². The van der Waals surface area contributed by atoms with Gasteiger partial charge in [0.2, 0.25) is 0 Å². The lowest BCUT2D eigenvalue weighted by molar-refractivity contribution is 0.102. The second kappa shape index (κ2) is 7.18. The molecule has 0 aliphatic heterocycles. The number of phenols is 1. The fourth-order valence-electron chi connectivity index (χ4n) is 2.48. The van der Waals surface area contributed by atoms with E-state index < -0.39 is 0 Å². The number of hydrogen-bond donors (Lipinski definition) is 2. The molecule has 0 atom stereocenters. The second-order valence-corrected chi connectivity index (χ2v) is 7.10. The molecule has 0 saturated carbocycles. The van der Waals surface area contributed by atoms with Crippen LogP contribution in [0.25, 0.3) is 0 Å². The number of rotatable bonds is 4. The Balaban J connectivity index is 2.40. The molecule has 1 amide bonds. The lowest BCUT2D eigenvalue weighted by Crippen LogP contribution is -2.13. The zero-order valence-corrected chi connectivity index (χ0v) is 15.4. The van der Waals surface area contributed by atoms with Crippen molar-refractivity contribution in [3.63, 3.8) is 0 Å². The summed E-state index contributed by atoms with van der Waals surface area (Å²) >= 11 is 3.40. The number of hydrogen-bond acceptors (Lipinski definition) is 2. The van der Waals surface area contributed by atoms with E-state index in [1.54, 1.807) is 6.07 Å². The quantitative estimate of drug-likeness (QED) is 0.677. The Morgan fingerprint density at radius 3 is 2.04 bits per heavy atom. The summed E-state index contributed by atoms with van der Waals surface area (Å²) in [6.07, 6.45) is 0. The number of amides is 1. The van der Waals surface area contributed by atoms with Crippen LogP contribution in [-0.4, -0.2) is 11.0 Å². The molecule has 0 saturated heterocycles. The van der Waals surface area contributed by atoms with Crippen LogP contribution in [-0.2, 0) is 0 Å². The van der Waals surface area contributed by atoms with E-state index in [4.69, 9.17) is 0 Å². The Kier molecular flexibility index (Phi) is 5.47. The molecule has 0 aliphatic rings. The minimum Gasteiger partial charge on any atom is -0.507 e. The molecule has 122 valence electrons. The van der Waals surface area contributed by atoms with Gasteiger partial charge in [-0.05, 0) is 63.2 Å². The molecular weight excluding hydrogens is 354 g/mol. The summed E-state index contributed by atoms with van der Waals surface area (Å²) in [4.78, 5) is 12.5. The number of nitrogens with one attached hydrogen (secondary N) is 1. The molecule has 0 spiro atoms. The maximum atomic E-state index is 12.5. The van der Waals surface area contributed by atoms with Gasteiger partial charge in [0.05, 0.1) is 5.56 Å². The van der Waals surface area contributed by atoms with Gasteiger partial charge in [0, 0.05) is 10.2 Å². The van der Waals surface area contributed by atoms with Crippen molar-refractivity contribution < 1.29 is 9.90 Å². The Hall–Kier alpha value is -1.81. The zero-order chi connectivity index (χ0) is 17.1. The Morgan fingerprint density at radius 1 is 1.04 bits per heavy atom. The van der Waals surface area contributed by atoms with Gasteiger partial charge in [-0.15, -0.1) is 0 Å². The van der Waals surface area contributed by atoms with Crippen LogP contribution < -0.4 is 5.32 Å². The largest absolute Gasteiger partial charge is 0.507 e. The molecule has 0 unspecified atom stereocenters. The highest BCUT2D eigenvalue weighted by atomic mass is 79.9. The number of carbonyl (C=O) groups excluding carboxylic acids is 1. The van der Waals surface area contributed by atoms with Crippen molar-refractivity contribution in [2.24, 2.45) is 0 Å². The van der Waals surface area contributed by atoms with Crippen LogP contribution in [0.4, 0.5) is 5.69 Å². The molecule has 2 aromatic rings. The predicted molar refractivity (Wildman–Crippen MR) is 98.4 cm³/mol. The Labute approximate surface area is 145 Å². The number of anilines is 1. The summed E-state index contributed by atoms with van der Waals surface area (Å²) in [7, 11) is 0. The normalized spacial score (nSPS) is 11.1. The Bertz CT molecular complexity index is 694. The topological polar surface area (TPSA) is 49.3 Å². The zero-order valence-electron chi connectivity index (χ0n) is 13.9. The third kappa shape index (κ3) is 3.94. The van der Waals surface area contributed by atoms with Crippen molar-refractivity contribution in [2.45, 2.75) is 39.5 Å². The van der Waals surface area contributed by atoms with E-state index in [1.165, 1.54) is 0 Å². The van der Waals surface area contributed by atoms with Crippen molar-refractivity contribution in [2.75, 3.05) is 5.32 Å². The third-order valence-electron chi connectivity index (χ3n) is 3.79. The molecule has 0 bridgehead atoms. The molecule has 4 heteroatoms.